The number of carbonyl (C=O) groups is 2. The van der Waals surface area contributed by atoms with Crippen LogP contribution >= 0.6 is 0 Å². The van der Waals surface area contributed by atoms with E-state index in [-0.39, 0.29) is 24.3 Å². The molecule has 0 heterocycles. The molecule has 2 rings (SSSR count). The number of rotatable bonds is 7. The molecule has 144 valence electrons. The third-order valence-electron chi connectivity index (χ3n) is 4.51. The second-order valence-electron chi connectivity index (χ2n) is 7.51. The van der Waals surface area contributed by atoms with Crippen molar-refractivity contribution in [3.8, 4) is 0 Å². The Balaban J connectivity index is 2.22. The zero-order chi connectivity index (χ0) is 20.0. The summed E-state index contributed by atoms with van der Waals surface area (Å²) in [7, 11) is 0. The lowest BCUT2D eigenvalue weighted by atomic mass is 10.1. The van der Waals surface area contributed by atoms with Crippen LogP contribution in [0.25, 0.3) is 0 Å². The first-order valence-electron chi connectivity index (χ1n) is 9.47. The molecule has 0 radical (unpaired) electrons. The highest BCUT2D eigenvalue weighted by Gasteiger charge is 2.26. The molecular weight excluding hydrogens is 336 g/mol. The lowest BCUT2D eigenvalue weighted by Gasteiger charge is -2.29. The van der Waals surface area contributed by atoms with E-state index in [2.05, 4.69) is 11.4 Å². The van der Waals surface area contributed by atoms with E-state index in [1.807, 2.05) is 70.2 Å². The Morgan fingerprint density at radius 1 is 0.926 bits per heavy atom. The third kappa shape index (κ3) is 6.24. The van der Waals surface area contributed by atoms with E-state index in [1.54, 1.807) is 11.8 Å². The Labute approximate surface area is 162 Å². The van der Waals surface area contributed by atoms with Crippen molar-refractivity contribution in [2.24, 2.45) is 0 Å². The number of hydrogen-bond donors (Lipinski definition) is 1. The molecule has 2 amide bonds. The highest BCUT2D eigenvalue weighted by molar-refractivity contribution is 5.88. The van der Waals surface area contributed by atoms with Gasteiger partial charge in [-0.15, -0.1) is 0 Å². The van der Waals surface area contributed by atoms with Crippen LogP contribution in [0.4, 0.5) is 0 Å². The molecule has 1 atom stereocenters. The number of amides is 2. The normalized spacial score (nSPS) is 11.9. The number of benzene rings is 2. The Bertz CT molecular complexity index is 781. The maximum absolute atomic E-state index is 13.1. The van der Waals surface area contributed by atoms with Gasteiger partial charge >= 0.3 is 0 Å². The van der Waals surface area contributed by atoms with Crippen LogP contribution < -0.4 is 5.32 Å². The molecule has 0 unspecified atom stereocenters. The van der Waals surface area contributed by atoms with E-state index >= 15 is 0 Å². The lowest BCUT2D eigenvalue weighted by molar-refractivity contribution is -0.140. The van der Waals surface area contributed by atoms with Crippen molar-refractivity contribution < 1.29 is 9.59 Å². The van der Waals surface area contributed by atoms with Gasteiger partial charge in [-0.1, -0.05) is 59.7 Å². The van der Waals surface area contributed by atoms with Gasteiger partial charge in [0.15, 0.2) is 0 Å². The number of carbonyl (C=O) groups excluding carboxylic acids is 2. The Kier molecular flexibility index (Phi) is 7.17. The number of nitrogens with zero attached hydrogens (tertiary/aromatic N) is 1. The van der Waals surface area contributed by atoms with Gasteiger partial charge in [0.05, 0.1) is 6.42 Å². The van der Waals surface area contributed by atoms with Crippen LogP contribution in [0.3, 0.4) is 0 Å². The largest absolute Gasteiger partial charge is 0.352 e. The molecule has 0 spiro atoms. The van der Waals surface area contributed by atoms with Crippen LogP contribution in [0.15, 0.2) is 48.5 Å². The summed E-state index contributed by atoms with van der Waals surface area (Å²) in [6, 6.07) is 15.5. The molecule has 0 fully saturated rings. The first kappa shape index (κ1) is 20.7. The molecule has 4 heteroatoms. The zero-order valence-corrected chi connectivity index (χ0v) is 17.0. The van der Waals surface area contributed by atoms with Crippen molar-refractivity contribution in [2.45, 2.75) is 59.7 Å². The molecule has 0 saturated heterocycles. The van der Waals surface area contributed by atoms with Crippen LogP contribution in [0, 0.1) is 13.8 Å². The van der Waals surface area contributed by atoms with Gasteiger partial charge in [-0.2, -0.15) is 0 Å². The molecule has 0 aliphatic rings. The predicted octanol–water partition coefficient (Wildman–Crippen LogP) is 3.79. The van der Waals surface area contributed by atoms with E-state index in [4.69, 9.17) is 0 Å². The lowest BCUT2D eigenvalue weighted by Crippen LogP contribution is -2.49. The molecule has 27 heavy (non-hydrogen) atoms. The zero-order valence-electron chi connectivity index (χ0n) is 17.0. The fourth-order valence-corrected chi connectivity index (χ4v) is 2.98. The summed E-state index contributed by atoms with van der Waals surface area (Å²) < 4.78 is 0. The number of aryl methyl sites for hydroxylation is 2. The van der Waals surface area contributed by atoms with Crippen molar-refractivity contribution in [2.75, 3.05) is 0 Å². The molecule has 4 nitrogen and oxygen atoms in total. The molecule has 0 aromatic heterocycles. The second kappa shape index (κ2) is 9.36. The van der Waals surface area contributed by atoms with Crippen LogP contribution in [0.5, 0.6) is 0 Å². The van der Waals surface area contributed by atoms with Crippen LogP contribution in [0.2, 0.25) is 0 Å². The first-order valence-corrected chi connectivity index (χ1v) is 9.47. The van der Waals surface area contributed by atoms with Crippen LogP contribution in [-0.2, 0) is 22.6 Å². The monoisotopic (exact) mass is 366 g/mol. The summed E-state index contributed by atoms with van der Waals surface area (Å²) in [6.45, 7) is 10.1. The topological polar surface area (TPSA) is 49.4 Å². The summed E-state index contributed by atoms with van der Waals surface area (Å²) in [5.41, 5.74) is 4.28. The second-order valence-corrected chi connectivity index (χ2v) is 7.51. The van der Waals surface area contributed by atoms with Crippen molar-refractivity contribution in [1.29, 1.82) is 0 Å². The smallest absolute Gasteiger partial charge is 0.242 e. The van der Waals surface area contributed by atoms with Crippen molar-refractivity contribution >= 4 is 11.8 Å². The highest BCUT2D eigenvalue weighted by atomic mass is 16.2. The van der Waals surface area contributed by atoms with Gasteiger partial charge in [0, 0.05) is 12.6 Å². The Hall–Kier alpha value is -2.62. The van der Waals surface area contributed by atoms with Gasteiger partial charge in [0.2, 0.25) is 11.8 Å². The summed E-state index contributed by atoms with van der Waals surface area (Å²) in [4.78, 5) is 27.3. The van der Waals surface area contributed by atoms with Gasteiger partial charge < -0.3 is 10.2 Å². The highest BCUT2D eigenvalue weighted by Crippen LogP contribution is 2.14. The molecule has 1 N–H and O–H groups in total. The van der Waals surface area contributed by atoms with E-state index in [9.17, 15) is 9.59 Å². The number of hydrogen-bond acceptors (Lipinski definition) is 2. The van der Waals surface area contributed by atoms with Gasteiger partial charge in [0.25, 0.3) is 0 Å². The van der Waals surface area contributed by atoms with Crippen molar-refractivity contribution in [3.05, 3.63) is 70.8 Å². The van der Waals surface area contributed by atoms with E-state index < -0.39 is 6.04 Å². The quantitative estimate of drug-likeness (QED) is 0.810. The molecule has 2 aromatic carbocycles. The average Bonchev–Trinajstić information content (AvgIpc) is 2.60. The fourth-order valence-electron chi connectivity index (χ4n) is 2.98. The minimum atomic E-state index is -0.536. The molecule has 0 aliphatic heterocycles. The van der Waals surface area contributed by atoms with Crippen molar-refractivity contribution in [1.82, 2.24) is 10.2 Å². The van der Waals surface area contributed by atoms with Gasteiger partial charge in [0.1, 0.15) is 6.04 Å². The maximum Gasteiger partial charge on any atom is 0.242 e. The number of nitrogens with one attached hydrogen (secondary N) is 1. The van der Waals surface area contributed by atoms with Crippen LogP contribution in [0.1, 0.15) is 43.0 Å². The molecule has 0 saturated carbocycles. The van der Waals surface area contributed by atoms with Gasteiger partial charge in [-0.05, 0) is 45.7 Å². The summed E-state index contributed by atoms with van der Waals surface area (Å²) in [5.74, 6) is -0.179. The van der Waals surface area contributed by atoms with Gasteiger partial charge in [-0.3, -0.25) is 9.59 Å². The summed E-state index contributed by atoms with van der Waals surface area (Å²) >= 11 is 0. The Morgan fingerprint density at radius 3 is 2.19 bits per heavy atom. The fraction of sp³-hybridized carbons (Fsp3) is 0.391. The minimum Gasteiger partial charge on any atom is -0.352 e. The van der Waals surface area contributed by atoms with E-state index in [1.165, 1.54) is 0 Å². The molecule has 0 aliphatic carbocycles. The Morgan fingerprint density at radius 2 is 1.59 bits per heavy atom. The SMILES string of the molecule is Cc1ccc(CC(=O)N(Cc2cccc(C)c2)[C@@H](C)C(=O)NC(C)C)cc1. The summed E-state index contributed by atoms with van der Waals surface area (Å²) in [5, 5.41) is 2.91. The maximum atomic E-state index is 13.1. The van der Waals surface area contributed by atoms with E-state index in [0.717, 1.165) is 22.3 Å². The van der Waals surface area contributed by atoms with E-state index in [0.29, 0.717) is 6.54 Å². The molecule has 0 bridgehead atoms. The molecule has 2 aromatic rings. The minimum absolute atomic E-state index is 0.0352. The standard InChI is InChI=1S/C23H30N2O2/c1-16(2)24-23(27)19(5)25(15-21-8-6-7-18(4)13-21)22(26)14-20-11-9-17(3)10-12-20/h6-13,16,19H,14-15H2,1-5H3,(H,24,27)/t19-/m0/s1. The molecular formula is C23H30N2O2. The average molecular weight is 367 g/mol. The van der Waals surface area contributed by atoms with Gasteiger partial charge in [-0.25, -0.2) is 0 Å². The predicted molar refractivity (Wildman–Crippen MR) is 109 cm³/mol. The van der Waals surface area contributed by atoms with Crippen molar-refractivity contribution in [3.63, 3.8) is 0 Å². The first-order chi connectivity index (χ1) is 12.8. The van der Waals surface area contributed by atoms with Crippen LogP contribution in [-0.4, -0.2) is 28.8 Å². The summed E-state index contributed by atoms with van der Waals surface area (Å²) in [6.07, 6.45) is 0.283. The third-order valence-corrected chi connectivity index (χ3v) is 4.51.